The second kappa shape index (κ2) is 5.77. The lowest BCUT2D eigenvalue weighted by molar-refractivity contribution is 0.102. The number of hydrogen-bond acceptors (Lipinski definition) is 3. The standard InChI is InChI=1S/C14H14BrClN4O/c1-20-12(6-11(19-20)8-3-2-4-8)18-14(21)10-5-9(15)7-17-13(10)16/h5-8H,2-4H2,1H3,(H,18,21). The average Bonchev–Trinajstić information content (AvgIpc) is 2.71. The second-order valence-corrected chi connectivity index (χ2v) is 6.43. The van der Waals surface area contributed by atoms with Crippen molar-refractivity contribution in [1.82, 2.24) is 14.8 Å². The Kier molecular flexibility index (Phi) is 3.99. The molecule has 7 heteroatoms. The van der Waals surface area contributed by atoms with E-state index >= 15 is 0 Å². The molecule has 0 unspecified atom stereocenters. The predicted molar refractivity (Wildman–Crippen MR) is 84.7 cm³/mol. The van der Waals surface area contributed by atoms with Gasteiger partial charge in [-0.1, -0.05) is 18.0 Å². The number of carbonyl (C=O) groups excluding carboxylic acids is 1. The van der Waals surface area contributed by atoms with Crippen molar-refractivity contribution in [3.8, 4) is 0 Å². The fraction of sp³-hybridized carbons (Fsp3) is 0.357. The molecule has 2 heterocycles. The van der Waals surface area contributed by atoms with Crippen LogP contribution >= 0.6 is 27.5 Å². The fourth-order valence-corrected chi connectivity index (χ4v) is 2.80. The van der Waals surface area contributed by atoms with Crippen molar-refractivity contribution in [2.45, 2.75) is 25.2 Å². The van der Waals surface area contributed by atoms with Gasteiger partial charge in [-0.05, 0) is 34.8 Å². The molecule has 1 N–H and O–H groups in total. The van der Waals surface area contributed by atoms with E-state index in [1.165, 1.54) is 19.3 Å². The maximum atomic E-state index is 12.3. The topological polar surface area (TPSA) is 59.8 Å². The van der Waals surface area contributed by atoms with Gasteiger partial charge in [0.2, 0.25) is 0 Å². The fourth-order valence-electron chi connectivity index (χ4n) is 2.28. The Labute approximate surface area is 135 Å². The van der Waals surface area contributed by atoms with E-state index in [1.807, 2.05) is 13.1 Å². The highest BCUT2D eigenvalue weighted by Gasteiger charge is 2.23. The lowest BCUT2D eigenvalue weighted by atomic mass is 9.83. The van der Waals surface area contributed by atoms with Crippen LogP contribution in [0.25, 0.3) is 0 Å². The van der Waals surface area contributed by atoms with Crippen molar-refractivity contribution in [2.24, 2.45) is 7.05 Å². The van der Waals surface area contributed by atoms with Crippen molar-refractivity contribution in [3.05, 3.63) is 39.2 Å². The van der Waals surface area contributed by atoms with E-state index in [4.69, 9.17) is 11.6 Å². The number of anilines is 1. The molecule has 0 saturated heterocycles. The van der Waals surface area contributed by atoms with Gasteiger partial charge in [0.25, 0.3) is 5.91 Å². The summed E-state index contributed by atoms with van der Waals surface area (Å²) in [7, 11) is 1.82. The van der Waals surface area contributed by atoms with Crippen LogP contribution in [0.15, 0.2) is 22.8 Å². The van der Waals surface area contributed by atoms with Crippen LogP contribution in [-0.2, 0) is 7.05 Å². The first-order valence-electron chi connectivity index (χ1n) is 6.71. The van der Waals surface area contributed by atoms with Gasteiger partial charge in [0.15, 0.2) is 0 Å². The van der Waals surface area contributed by atoms with E-state index < -0.39 is 0 Å². The van der Waals surface area contributed by atoms with E-state index in [-0.39, 0.29) is 11.1 Å². The maximum Gasteiger partial charge on any atom is 0.259 e. The van der Waals surface area contributed by atoms with Crippen LogP contribution in [0.1, 0.15) is 41.2 Å². The third-order valence-electron chi connectivity index (χ3n) is 3.71. The molecule has 5 nitrogen and oxygen atoms in total. The van der Waals surface area contributed by atoms with Gasteiger partial charge in [-0.3, -0.25) is 9.48 Å². The Morgan fingerprint density at radius 2 is 2.24 bits per heavy atom. The van der Waals surface area contributed by atoms with Crippen LogP contribution in [0.2, 0.25) is 5.15 Å². The molecule has 3 rings (SSSR count). The minimum Gasteiger partial charge on any atom is -0.307 e. The van der Waals surface area contributed by atoms with Gasteiger partial charge in [-0.15, -0.1) is 0 Å². The smallest absolute Gasteiger partial charge is 0.259 e. The summed E-state index contributed by atoms with van der Waals surface area (Å²) < 4.78 is 2.39. The first-order valence-corrected chi connectivity index (χ1v) is 7.88. The number of aromatic nitrogens is 3. The molecule has 1 aliphatic carbocycles. The summed E-state index contributed by atoms with van der Waals surface area (Å²) in [5.41, 5.74) is 1.37. The Hall–Kier alpha value is -1.40. The number of nitrogens with zero attached hydrogens (tertiary/aromatic N) is 3. The van der Waals surface area contributed by atoms with Gasteiger partial charge >= 0.3 is 0 Å². The zero-order valence-electron chi connectivity index (χ0n) is 11.4. The van der Waals surface area contributed by atoms with E-state index in [1.54, 1.807) is 16.9 Å². The highest BCUT2D eigenvalue weighted by molar-refractivity contribution is 9.10. The van der Waals surface area contributed by atoms with Gasteiger partial charge in [-0.2, -0.15) is 5.10 Å². The van der Waals surface area contributed by atoms with E-state index in [0.29, 0.717) is 21.8 Å². The molecule has 21 heavy (non-hydrogen) atoms. The summed E-state index contributed by atoms with van der Waals surface area (Å²) in [4.78, 5) is 16.3. The summed E-state index contributed by atoms with van der Waals surface area (Å²) >= 11 is 9.26. The first-order chi connectivity index (χ1) is 10.0. The normalized spacial score (nSPS) is 14.8. The van der Waals surface area contributed by atoms with Crippen molar-refractivity contribution in [1.29, 1.82) is 0 Å². The summed E-state index contributed by atoms with van der Waals surface area (Å²) in [6, 6.07) is 3.58. The summed E-state index contributed by atoms with van der Waals surface area (Å²) in [5.74, 6) is 0.896. The number of hydrogen-bond donors (Lipinski definition) is 1. The van der Waals surface area contributed by atoms with Crippen LogP contribution in [-0.4, -0.2) is 20.7 Å². The van der Waals surface area contributed by atoms with Crippen LogP contribution in [0.3, 0.4) is 0 Å². The number of halogens is 2. The monoisotopic (exact) mass is 368 g/mol. The van der Waals surface area contributed by atoms with Gasteiger partial charge in [0.05, 0.1) is 11.3 Å². The Morgan fingerprint density at radius 3 is 2.90 bits per heavy atom. The third kappa shape index (κ3) is 2.96. The molecule has 1 amide bonds. The highest BCUT2D eigenvalue weighted by atomic mass is 79.9. The van der Waals surface area contributed by atoms with Gasteiger partial charge < -0.3 is 5.32 Å². The Bertz CT molecular complexity index is 696. The molecule has 0 aromatic carbocycles. The van der Waals surface area contributed by atoms with E-state index in [9.17, 15) is 4.79 Å². The van der Waals surface area contributed by atoms with Crippen LogP contribution < -0.4 is 5.32 Å². The summed E-state index contributed by atoms with van der Waals surface area (Å²) in [6.07, 6.45) is 5.15. The molecule has 1 saturated carbocycles. The number of nitrogens with one attached hydrogen (secondary N) is 1. The summed E-state index contributed by atoms with van der Waals surface area (Å²) in [6.45, 7) is 0. The first kappa shape index (κ1) is 14.5. The molecular formula is C14H14BrClN4O. The van der Waals surface area contributed by atoms with Crippen molar-refractivity contribution < 1.29 is 4.79 Å². The molecule has 110 valence electrons. The second-order valence-electron chi connectivity index (χ2n) is 5.15. The number of rotatable bonds is 3. The molecule has 0 aliphatic heterocycles. The zero-order chi connectivity index (χ0) is 15.0. The van der Waals surface area contributed by atoms with Crippen molar-refractivity contribution in [3.63, 3.8) is 0 Å². The average molecular weight is 370 g/mol. The number of amides is 1. The molecule has 0 spiro atoms. The maximum absolute atomic E-state index is 12.3. The molecule has 1 fully saturated rings. The van der Waals surface area contributed by atoms with Gasteiger partial charge in [0, 0.05) is 29.7 Å². The Balaban J connectivity index is 1.81. The third-order valence-corrected chi connectivity index (χ3v) is 4.45. The van der Waals surface area contributed by atoms with E-state index in [2.05, 4.69) is 31.3 Å². The number of carbonyl (C=O) groups is 1. The largest absolute Gasteiger partial charge is 0.307 e. The molecule has 0 atom stereocenters. The van der Waals surface area contributed by atoms with Gasteiger partial charge in [-0.25, -0.2) is 4.98 Å². The molecule has 2 aromatic heterocycles. The number of pyridine rings is 1. The number of aryl methyl sites for hydroxylation is 1. The van der Waals surface area contributed by atoms with Crippen molar-refractivity contribution >= 4 is 39.3 Å². The Morgan fingerprint density at radius 1 is 1.48 bits per heavy atom. The van der Waals surface area contributed by atoms with Crippen molar-refractivity contribution in [2.75, 3.05) is 5.32 Å². The molecule has 0 bridgehead atoms. The lowest BCUT2D eigenvalue weighted by Crippen LogP contribution is -2.15. The molecule has 0 radical (unpaired) electrons. The van der Waals surface area contributed by atoms with Crippen LogP contribution in [0.5, 0.6) is 0 Å². The molecule has 1 aliphatic rings. The SMILES string of the molecule is Cn1nc(C2CCC2)cc1NC(=O)c1cc(Br)cnc1Cl. The quantitative estimate of drug-likeness (QED) is 0.838. The van der Waals surface area contributed by atoms with Gasteiger partial charge in [0.1, 0.15) is 11.0 Å². The predicted octanol–water partition coefficient (Wildman–Crippen LogP) is 3.75. The molecular weight excluding hydrogens is 356 g/mol. The molecule has 2 aromatic rings. The minimum absolute atomic E-state index is 0.178. The minimum atomic E-state index is -0.294. The van der Waals surface area contributed by atoms with Crippen LogP contribution in [0.4, 0.5) is 5.82 Å². The summed E-state index contributed by atoms with van der Waals surface area (Å²) in [5, 5.41) is 7.48. The van der Waals surface area contributed by atoms with Crippen LogP contribution in [0, 0.1) is 0 Å². The highest BCUT2D eigenvalue weighted by Crippen LogP contribution is 2.36. The zero-order valence-corrected chi connectivity index (χ0v) is 13.8. The lowest BCUT2D eigenvalue weighted by Gasteiger charge is -2.22. The van der Waals surface area contributed by atoms with E-state index in [0.717, 1.165) is 5.69 Å².